The fourth-order valence-corrected chi connectivity index (χ4v) is 7.81. The number of nitrogens with zero attached hydrogens (tertiary/aromatic N) is 2. The summed E-state index contributed by atoms with van der Waals surface area (Å²) in [7, 11) is 0. The van der Waals surface area contributed by atoms with Gasteiger partial charge in [-0.15, -0.1) is 0 Å². The molecule has 1 heterocycles. The second-order valence-corrected chi connectivity index (χ2v) is 13.0. The van der Waals surface area contributed by atoms with Crippen molar-refractivity contribution >= 4 is 71.2 Å². The van der Waals surface area contributed by atoms with Crippen LogP contribution in [0.2, 0.25) is 0 Å². The van der Waals surface area contributed by atoms with E-state index in [0.29, 0.717) is 0 Å². The first kappa shape index (κ1) is 28.4. The fourth-order valence-electron chi connectivity index (χ4n) is 7.81. The zero-order valence-electron chi connectivity index (χ0n) is 27.4. The molecule has 0 bridgehead atoms. The third-order valence-electron chi connectivity index (χ3n) is 10.1. The molecule has 0 amide bonds. The Morgan fingerprint density at radius 1 is 0.320 bits per heavy atom. The summed E-state index contributed by atoms with van der Waals surface area (Å²) in [5.74, 6) is 0. The Labute approximate surface area is 290 Å². The molecule has 0 aliphatic carbocycles. The predicted octanol–water partition coefficient (Wildman–Crippen LogP) is 13.4. The lowest BCUT2D eigenvalue weighted by molar-refractivity contribution is 1.17. The molecule has 10 aromatic rings. The van der Waals surface area contributed by atoms with Crippen LogP contribution in [0.25, 0.3) is 70.9 Å². The van der Waals surface area contributed by atoms with E-state index in [4.69, 9.17) is 0 Å². The average molecular weight is 637 g/mol. The lowest BCUT2D eigenvalue weighted by atomic mass is 10.0. The maximum absolute atomic E-state index is 2.41. The maximum atomic E-state index is 2.41. The van der Waals surface area contributed by atoms with Crippen LogP contribution in [0, 0.1) is 0 Å². The highest BCUT2D eigenvalue weighted by Crippen LogP contribution is 2.41. The summed E-state index contributed by atoms with van der Waals surface area (Å²) in [4.78, 5) is 2.38. The molecule has 0 aliphatic heterocycles. The Balaban J connectivity index is 1.15. The van der Waals surface area contributed by atoms with Gasteiger partial charge in [-0.2, -0.15) is 0 Å². The van der Waals surface area contributed by atoms with Gasteiger partial charge in [-0.1, -0.05) is 133 Å². The molecular formula is C48H32N2. The van der Waals surface area contributed by atoms with E-state index < -0.39 is 0 Å². The molecule has 0 saturated carbocycles. The van der Waals surface area contributed by atoms with Crippen molar-refractivity contribution in [1.82, 2.24) is 4.57 Å². The molecule has 10 rings (SSSR count). The Hall–Kier alpha value is -6.64. The average Bonchev–Trinajstić information content (AvgIpc) is 3.53. The van der Waals surface area contributed by atoms with Crippen molar-refractivity contribution in [2.24, 2.45) is 0 Å². The van der Waals surface area contributed by atoms with Crippen LogP contribution in [0.4, 0.5) is 17.1 Å². The van der Waals surface area contributed by atoms with E-state index in [-0.39, 0.29) is 0 Å². The number of hydrogen-bond donors (Lipinski definition) is 0. The number of rotatable bonds is 5. The molecule has 0 fully saturated rings. The van der Waals surface area contributed by atoms with E-state index in [0.717, 1.165) is 22.7 Å². The van der Waals surface area contributed by atoms with Gasteiger partial charge in [-0.3, -0.25) is 0 Å². The first-order valence-electron chi connectivity index (χ1n) is 17.2. The molecule has 50 heavy (non-hydrogen) atoms. The third kappa shape index (κ3) is 4.57. The summed E-state index contributed by atoms with van der Waals surface area (Å²) < 4.78 is 2.41. The van der Waals surface area contributed by atoms with Crippen LogP contribution in [0.5, 0.6) is 0 Å². The summed E-state index contributed by atoms with van der Waals surface area (Å²) in [6, 6.07) is 70.5. The highest BCUT2D eigenvalue weighted by molar-refractivity contribution is 6.21. The highest BCUT2D eigenvalue weighted by atomic mass is 15.1. The van der Waals surface area contributed by atoms with E-state index in [9.17, 15) is 0 Å². The van der Waals surface area contributed by atoms with Gasteiger partial charge in [0.2, 0.25) is 0 Å². The van der Waals surface area contributed by atoms with E-state index in [1.165, 1.54) is 65.3 Å². The number of anilines is 3. The van der Waals surface area contributed by atoms with Crippen LogP contribution in [0.1, 0.15) is 0 Å². The van der Waals surface area contributed by atoms with E-state index in [1.54, 1.807) is 0 Å². The number of fused-ring (bicyclic) bond motifs is 8. The zero-order valence-corrected chi connectivity index (χ0v) is 27.4. The zero-order chi connectivity index (χ0) is 33.0. The monoisotopic (exact) mass is 636 g/mol. The standard InChI is InChI=1S/C48H32N2/c1-2-11-33(12-3-1)36-15-10-16-40(31-36)49(41-28-29-43-37(32-41)22-21-34-13-4-6-17-42(34)43)38-24-26-39(27-25-38)50-46-20-9-8-19-45(46)48-44-18-7-5-14-35(44)23-30-47(48)50/h1-32H. The number of hydrogen-bond acceptors (Lipinski definition) is 1. The number of aromatic nitrogens is 1. The summed E-state index contributed by atoms with van der Waals surface area (Å²) in [5, 5.41) is 10.1. The topological polar surface area (TPSA) is 8.17 Å². The molecule has 2 nitrogen and oxygen atoms in total. The summed E-state index contributed by atoms with van der Waals surface area (Å²) in [6.07, 6.45) is 0. The van der Waals surface area contributed by atoms with Gasteiger partial charge in [0.15, 0.2) is 0 Å². The van der Waals surface area contributed by atoms with Gasteiger partial charge in [-0.25, -0.2) is 0 Å². The minimum atomic E-state index is 1.10. The molecule has 1 aromatic heterocycles. The Morgan fingerprint density at radius 2 is 0.920 bits per heavy atom. The molecule has 2 heteroatoms. The maximum Gasteiger partial charge on any atom is 0.0547 e. The lowest BCUT2D eigenvalue weighted by Gasteiger charge is -2.27. The van der Waals surface area contributed by atoms with Crippen molar-refractivity contribution in [3.63, 3.8) is 0 Å². The summed E-state index contributed by atoms with van der Waals surface area (Å²) in [6.45, 7) is 0. The molecule has 0 atom stereocenters. The lowest BCUT2D eigenvalue weighted by Crippen LogP contribution is -2.10. The molecule has 0 N–H and O–H groups in total. The van der Waals surface area contributed by atoms with E-state index >= 15 is 0 Å². The molecule has 0 aliphatic rings. The van der Waals surface area contributed by atoms with Crippen molar-refractivity contribution in [2.45, 2.75) is 0 Å². The Morgan fingerprint density at radius 3 is 1.76 bits per heavy atom. The number of para-hydroxylation sites is 1. The Kier molecular flexibility index (Phi) is 6.53. The molecule has 234 valence electrons. The second kappa shape index (κ2) is 11.5. The van der Waals surface area contributed by atoms with Gasteiger partial charge >= 0.3 is 0 Å². The van der Waals surface area contributed by atoms with Crippen LogP contribution >= 0.6 is 0 Å². The first-order valence-corrected chi connectivity index (χ1v) is 17.2. The Bertz CT molecular complexity index is 2860. The number of benzene rings is 9. The minimum Gasteiger partial charge on any atom is -0.310 e. The van der Waals surface area contributed by atoms with Crippen molar-refractivity contribution < 1.29 is 0 Å². The molecule has 0 spiro atoms. The molecule has 0 unspecified atom stereocenters. The van der Waals surface area contributed by atoms with Gasteiger partial charge in [0.05, 0.1) is 11.0 Å². The molecule has 0 saturated heterocycles. The van der Waals surface area contributed by atoms with Gasteiger partial charge in [-0.05, 0) is 104 Å². The largest absolute Gasteiger partial charge is 0.310 e. The summed E-state index contributed by atoms with van der Waals surface area (Å²) in [5.41, 5.74) is 9.29. The fraction of sp³-hybridized carbons (Fsp3) is 0. The van der Waals surface area contributed by atoms with Crippen LogP contribution in [0.3, 0.4) is 0 Å². The first-order chi connectivity index (χ1) is 24.8. The van der Waals surface area contributed by atoms with Crippen LogP contribution in [0.15, 0.2) is 194 Å². The van der Waals surface area contributed by atoms with E-state index in [2.05, 4.69) is 204 Å². The molecular weight excluding hydrogens is 605 g/mol. The van der Waals surface area contributed by atoms with Gasteiger partial charge < -0.3 is 9.47 Å². The van der Waals surface area contributed by atoms with Crippen molar-refractivity contribution in [3.05, 3.63) is 194 Å². The molecule has 9 aromatic carbocycles. The van der Waals surface area contributed by atoms with E-state index in [1.807, 2.05) is 0 Å². The van der Waals surface area contributed by atoms with Crippen molar-refractivity contribution in [1.29, 1.82) is 0 Å². The quantitative estimate of drug-likeness (QED) is 0.171. The molecule has 0 radical (unpaired) electrons. The summed E-state index contributed by atoms with van der Waals surface area (Å²) >= 11 is 0. The van der Waals surface area contributed by atoms with Gasteiger partial charge in [0.1, 0.15) is 0 Å². The minimum absolute atomic E-state index is 1.10. The van der Waals surface area contributed by atoms with Gasteiger partial charge in [0, 0.05) is 33.5 Å². The smallest absolute Gasteiger partial charge is 0.0547 e. The normalized spacial score (nSPS) is 11.6. The van der Waals surface area contributed by atoms with Crippen LogP contribution in [-0.4, -0.2) is 4.57 Å². The predicted molar refractivity (Wildman–Crippen MR) is 213 cm³/mol. The van der Waals surface area contributed by atoms with Crippen LogP contribution < -0.4 is 4.90 Å². The van der Waals surface area contributed by atoms with Gasteiger partial charge in [0.25, 0.3) is 0 Å². The van der Waals surface area contributed by atoms with Crippen molar-refractivity contribution in [2.75, 3.05) is 4.90 Å². The highest BCUT2D eigenvalue weighted by Gasteiger charge is 2.17. The second-order valence-electron chi connectivity index (χ2n) is 13.0. The third-order valence-corrected chi connectivity index (χ3v) is 10.1. The van der Waals surface area contributed by atoms with Crippen molar-refractivity contribution in [3.8, 4) is 16.8 Å². The van der Waals surface area contributed by atoms with Crippen LogP contribution in [-0.2, 0) is 0 Å². The SMILES string of the molecule is c1ccc(-c2cccc(N(c3ccc(-n4c5ccccc5c5c6ccccc6ccc54)cc3)c3ccc4c(ccc5ccccc54)c3)c2)cc1.